The van der Waals surface area contributed by atoms with E-state index >= 15 is 0 Å². The van der Waals surface area contributed by atoms with Gasteiger partial charge in [-0.25, -0.2) is 19.6 Å². The van der Waals surface area contributed by atoms with Crippen molar-refractivity contribution >= 4 is 12.0 Å². The van der Waals surface area contributed by atoms with E-state index in [4.69, 9.17) is 9.84 Å². The van der Waals surface area contributed by atoms with Gasteiger partial charge in [0.05, 0.1) is 6.10 Å². The van der Waals surface area contributed by atoms with Gasteiger partial charge in [0.15, 0.2) is 11.5 Å². The summed E-state index contributed by atoms with van der Waals surface area (Å²) in [4.78, 5) is 34.4. The Labute approximate surface area is 191 Å². The zero-order valence-corrected chi connectivity index (χ0v) is 18.3. The lowest BCUT2D eigenvalue weighted by atomic mass is 9.78. The summed E-state index contributed by atoms with van der Waals surface area (Å²) in [6.07, 6.45) is 7.59. The summed E-state index contributed by atoms with van der Waals surface area (Å²) in [7, 11) is 0. The third-order valence-electron chi connectivity index (χ3n) is 6.93. The first kappa shape index (κ1) is 21.1. The van der Waals surface area contributed by atoms with Crippen LogP contribution in [0.3, 0.4) is 0 Å². The number of rotatable bonds is 5. The van der Waals surface area contributed by atoms with Gasteiger partial charge in [0.1, 0.15) is 5.75 Å². The summed E-state index contributed by atoms with van der Waals surface area (Å²) in [5.41, 5.74) is 0.765. The second-order valence-electron chi connectivity index (χ2n) is 8.81. The van der Waals surface area contributed by atoms with Gasteiger partial charge in [-0.05, 0) is 54.9 Å². The van der Waals surface area contributed by atoms with E-state index in [0.29, 0.717) is 24.8 Å². The number of carboxylic acid groups (broad SMARTS) is 1. The average molecular weight is 447 g/mol. The summed E-state index contributed by atoms with van der Waals surface area (Å²) >= 11 is 0. The van der Waals surface area contributed by atoms with E-state index in [2.05, 4.69) is 22.0 Å². The number of likely N-dealkylation sites (tertiary alicyclic amines) is 1. The van der Waals surface area contributed by atoms with Crippen LogP contribution in [0.4, 0.5) is 4.79 Å². The molecule has 1 saturated carbocycles. The van der Waals surface area contributed by atoms with Crippen molar-refractivity contribution in [3.8, 4) is 17.1 Å². The molecule has 1 amide bonds. The Morgan fingerprint density at radius 3 is 2.73 bits per heavy atom. The fourth-order valence-electron chi connectivity index (χ4n) is 5.26. The summed E-state index contributed by atoms with van der Waals surface area (Å²) in [5.74, 6) is 0.635. The molecule has 0 radical (unpaired) electrons. The van der Waals surface area contributed by atoms with Gasteiger partial charge in [-0.3, -0.25) is 0 Å². The van der Waals surface area contributed by atoms with Crippen molar-refractivity contribution in [1.82, 2.24) is 24.6 Å². The third kappa shape index (κ3) is 3.94. The van der Waals surface area contributed by atoms with Crippen molar-refractivity contribution in [3.05, 3.63) is 60.7 Å². The van der Waals surface area contributed by atoms with Gasteiger partial charge in [0.2, 0.25) is 0 Å². The monoisotopic (exact) mass is 447 g/mol. The van der Waals surface area contributed by atoms with Crippen molar-refractivity contribution in [3.63, 3.8) is 0 Å². The molecular weight excluding hydrogens is 422 g/mol. The number of nitrogens with zero attached hydrogens (tertiary/aromatic N) is 5. The highest BCUT2D eigenvalue weighted by Crippen LogP contribution is 2.52. The smallest absolute Gasteiger partial charge is 0.356 e. The molecule has 2 fully saturated rings. The average Bonchev–Trinajstić information content (AvgIpc) is 3.53. The molecule has 3 heterocycles. The third-order valence-corrected chi connectivity index (χ3v) is 6.93. The maximum atomic E-state index is 12.9. The number of carboxylic acids is 1. The number of hydrogen-bond donors (Lipinski definition) is 1. The minimum Gasteiger partial charge on any atom is -0.490 e. The summed E-state index contributed by atoms with van der Waals surface area (Å²) in [6, 6.07) is 10.7. The van der Waals surface area contributed by atoms with Crippen molar-refractivity contribution in [2.75, 3.05) is 13.1 Å². The molecule has 1 aromatic carbocycles. The zero-order valence-electron chi connectivity index (χ0n) is 18.3. The Balaban J connectivity index is 1.27. The summed E-state index contributed by atoms with van der Waals surface area (Å²) in [5, 5.41) is 13.0. The van der Waals surface area contributed by atoms with Gasteiger partial charge < -0.3 is 14.7 Å². The summed E-state index contributed by atoms with van der Waals surface area (Å²) < 4.78 is 7.49. The first-order valence-corrected chi connectivity index (χ1v) is 11.1. The molecule has 0 unspecified atom stereocenters. The number of carbonyl (C=O) groups excluding carboxylic acids is 1. The zero-order chi connectivity index (χ0) is 23.0. The van der Waals surface area contributed by atoms with E-state index in [-0.39, 0.29) is 23.2 Å². The van der Waals surface area contributed by atoms with Crippen molar-refractivity contribution in [2.24, 2.45) is 11.3 Å². The topological polar surface area (TPSA) is 110 Å². The van der Waals surface area contributed by atoms with E-state index < -0.39 is 5.97 Å². The Bertz CT molecular complexity index is 1180. The Hall–Kier alpha value is -3.75. The van der Waals surface area contributed by atoms with E-state index in [1.54, 1.807) is 23.4 Å². The van der Waals surface area contributed by atoms with Crippen LogP contribution in [-0.2, 0) is 0 Å². The van der Waals surface area contributed by atoms with Crippen LogP contribution in [0.1, 0.15) is 36.7 Å². The summed E-state index contributed by atoms with van der Waals surface area (Å²) in [6.45, 7) is 3.40. The van der Waals surface area contributed by atoms with Gasteiger partial charge in [-0.2, -0.15) is 9.78 Å². The standard InChI is InChI=1S/C24H25N5O4/c1-2-24-13-19(33-18-6-3-5-16(11-18)21-25-8-4-9-26-21)12-17(24)14-28(15-24)23(32)29-10-7-20(27-29)22(30)31/h3-11,17,19H,2,12-15H2,1H3,(H,30,31)/t17-,19+,24+/m0/s1. The van der Waals surface area contributed by atoms with Crippen molar-refractivity contribution in [2.45, 2.75) is 32.3 Å². The molecule has 1 aliphatic carbocycles. The second-order valence-corrected chi connectivity index (χ2v) is 8.81. The van der Waals surface area contributed by atoms with E-state index in [9.17, 15) is 9.59 Å². The number of fused-ring (bicyclic) bond motifs is 1. The molecule has 2 aliphatic rings. The largest absolute Gasteiger partial charge is 0.490 e. The highest BCUT2D eigenvalue weighted by molar-refractivity contribution is 5.86. The predicted molar refractivity (Wildman–Crippen MR) is 119 cm³/mol. The molecule has 1 N–H and O–H groups in total. The first-order chi connectivity index (χ1) is 16.0. The van der Waals surface area contributed by atoms with E-state index in [1.165, 1.54) is 12.3 Å². The maximum Gasteiger partial charge on any atom is 0.356 e. The van der Waals surface area contributed by atoms with Gasteiger partial charge in [-0.1, -0.05) is 19.1 Å². The van der Waals surface area contributed by atoms with Gasteiger partial charge in [0, 0.05) is 37.2 Å². The number of amides is 1. The van der Waals surface area contributed by atoms with Crippen LogP contribution < -0.4 is 4.74 Å². The Morgan fingerprint density at radius 2 is 2.03 bits per heavy atom. The fraction of sp³-hybridized carbons (Fsp3) is 0.375. The highest BCUT2D eigenvalue weighted by atomic mass is 16.5. The SMILES string of the molecule is CC[C@]12C[C@H](Oc3cccc(-c4ncccn4)c3)C[C@H]1CN(C(=O)n1ccc(C(=O)O)n1)C2. The van der Waals surface area contributed by atoms with Crippen molar-refractivity contribution < 1.29 is 19.4 Å². The lowest BCUT2D eigenvalue weighted by Gasteiger charge is -2.27. The van der Waals surface area contributed by atoms with Crippen LogP contribution in [0.25, 0.3) is 11.4 Å². The lowest BCUT2D eigenvalue weighted by molar-refractivity contribution is 0.0690. The van der Waals surface area contributed by atoms with Crippen molar-refractivity contribution in [1.29, 1.82) is 0 Å². The molecule has 0 spiro atoms. The molecule has 3 atom stereocenters. The molecule has 5 rings (SSSR count). The first-order valence-electron chi connectivity index (χ1n) is 11.1. The number of benzene rings is 1. The molecule has 2 aromatic heterocycles. The minimum absolute atomic E-state index is 0.0107. The van der Waals surface area contributed by atoms with E-state index in [0.717, 1.165) is 35.3 Å². The molecule has 3 aromatic rings. The number of ether oxygens (including phenoxy) is 1. The Kier molecular flexibility index (Phi) is 5.32. The van der Waals surface area contributed by atoms with Crippen LogP contribution in [0.5, 0.6) is 5.75 Å². The van der Waals surface area contributed by atoms with Gasteiger partial charge in [0.25, 0.3) is 0 Å². The van der Waals surface area contributed by atoms with Gasteiger partial charge >= 0.3 is 12.0 Å². The normalized spacial score (nSPS) is 24.0. The van der Waals surface area contributed by atoms with Crippen LogP contribution in [-0.4, -0.2) is 60.9 Å². The number of carbonyl (C=O) groups is 2. The van der Waals surface area contributed by atoms with Crippen LogP contribution in [0, 0.1) is 11.3 Å². The molecule has 33 heavy (non-hydrogen) atoms. The van der Waals surface area contributed by atoms with Gasteiger partial charge in [-0.15, -0.1) is 0 Å². The number of aromatic carboxylic acids is 1. The van der Waals surface area contributed by atoms with Crippen LogP contribution in [0.15, 0.2) is 55.0 Å². The second kappa shape index (κ2) is 8.31. The lowest BCUT2D eigenvalue weighted by Crippen LogP contribution is -2.36. The molecule has 9 heteroatoms. The molecule has 9 nitrogen and oxygen atoms in total. The quantitative estimate of drug-likeness (QED) is 0.636. The molecule has 1 saturated heterocycles. The fourth-order valence-corrected chi connectivity index (χ4v) is 5.26. The van der Waals surface area contributed by atoms with E-state index in [1.807, 2.05) is 24.3 Å². The number of hydrogen-bond acceptors (Lipinski definition) is 6. The van der Waals surface area contributed by atoms with Crippen LogP contribution in [0.2, 0.25) is 0 Å². The van der Waals surface area contributed by atoms with Crippen LogP contribution >= 0.6 is 0 Å². The minimum atomic E-state index is -1.15. The highest BCUT2D eigenvalue weighted by Gasteiger charge is 2.53. The molecular formula is C24H25N5O4. The predicted octanol–water partition coefficient (Wildman–Crippen LogP) is 3.58. The molecule has 1 aliphatic heterocycles. The molecule has 170 valence electrons. The Morgan fingerprint density at radius 1 is 1.21 bits per heavy atom. The maximum absolute atomic E-state index is 12.9. The number of aromatic nitrogens is 4. The molecule has 0 bridgehead atoms.